The molecular formula is C27H29F7N4. The van der Waals surface area contributed by atoms with E-state index in [0.29, 0.717) is 17.8 Å². The van der Waals surface area contributed by atoms with Crippen molar-refractivity contribution in [2.45, 2.75) is 50.2 Å². The largest absolute Gasteiger partial charge is 0.401 e. The van der Waals surface area contributed by atoms with Crippen LogP contribution in [-0.4, -0.2) is 72.1 Å². The maximum Gasteiger partial charge on any atom is 0.401 e. The third-order valence-electron chi connectivity index (χ3n) is 7.52. The van der Waals surface area contributed by atoms with Crippen LogP contribution in [-0.2, 0) is 6.42 Å². The Morgan fingerprint density at radius 1 is 1.08 bits per heavy atom. The number of H-pyrrole nitrogens is 1. The van der Waals surface area contributed by atoms with Crippen molar-refractivity contribution in [2.75, 3.05) is 38.2 Å². The molecule has 4 atom stereocenters. The minimum absolute atomic E-state index is 0.00755. The number of nitrogens with zero attached hydrogens (tertiary/aromatic N) is 2. The summed E-state index contributed by atoms with van der Waals surface area (Å²) in [4.78, 5) is 5.92. The van der Waals surface area contributed by atoms with Crippen molar-refractivity contribution in [2.24, 2.45) is 0 Å². The Labute approximate surface area is 215 Å². The second kappa shape index (κ2) is 10.4. The van der Waals surface area contributed by atoms with E-state index in [9.17, 15) is 22.0 Å². The Morgan fingerprint density at radius 3 is 2.47 bits per heavy atom. The third kappa shape index (κ3) is 5.22. The number of aromatic nitrogens is 1. The molecule has 2 aromatic carbocycles. The van der Waals surface area contributed by atoms with E-state index in [0.717, 1.165) is 28.0 Å². The van der Waals surface area contributed by atoms with Crippen LogP contribution >= 0.6 is 0 Å². The Bertz CT molecular complexity index is 1270. The van der Waals surface area contributed by atoms with E-state index in [1.54, 1.807) is 30.0 Å². The Kier molecular flexibility index (Phi) is 7.34. The van der Waals surface area contributed by atoms with Crippen molar-refractivity contribution >= 4 is 16.6 Å². The van der Waals surface area contributed by atoms with Gasteiger partial charge in [0.25, 0.3) is 0 Å². The van der Waals surface area contributed by atoms with Crippen LogP contribution in [0.2, 0.25) is 0 Å². The summed E-state index contributed by atoms with van der Waals surface area (Å²) >= 11 is 0. The number of alkyl halides is 5. The van der Waals surface area contributed by atoms with Gasteiger partial charge in [-0.05, 0) is 43.5 Å². The lowest BCUT2D eigenvalue weighted by molar-refractivity contribution is -0.155. The highest BCUT2D eigenvalue weighted by Crippen LogP contribution is 2.44. The van der Waals surface area contributed by atoms with Crippen molar-refractivity contribution in [3.63, 3.8) is 0 Å². The monoisotopic (exact) mass is 542 g/mol. The molecule has 0 amide bonds. The van der Waals surface area contributed by atoms with Gasteiger partial charge in [-0.25, -0.2) is 13.2 Å². The second-order valence-electron chi connectivity index (χ2n) is 10.2. The number of likely N-dealkylation sites (tertiary alicyclic amines) is 1. The molecule has 0 aliphatic carbocycles. The van der Waals surface area contributed by atoms with E-state index >= 15 is 8.78 Å². The first kappa shape index (κ1) is 26.8. The summed E-state index contributed by atoms with van der Waals surface area (Å²) in [6, 6.07) is 6.45. The second-order valence-corrected chi connectivity index (χ2v) is 10.2. The van der Waals surface area contributed by atoms with E-state index in [1.165, 1.54) is 0 Å². The topological polar surface area (TPSA) is 34.3 Å². The van der Waals surface area contributed by atoms with Crippen LogP contribution in [0.15, 0.2) is 36.4 Å². The summed E-state index contributed by atoms with van der Waals surface area (Å²) in [6.07, 6.45) is -5.36. The molecule has 38 heavy (non-hydrogen) atoms. The standard InChI is InChI=1S/C27H29F7N4/c1-15-9-18-17-5-2-3-6-22(17)36-25(18)26(38(15)14-27(32,33)34)24-19(29)10-16(11-20(24)30)35-23-13-37(8-4-7-28)12-21(23)31/h2-3,5-6,10-11,15,21,23,26,35-36H,4,7-9,12-14H2,1H3/t15-,21-,23?,26-/m1/s1. The molecule has 4 nitrogen and oxygen atoms in total. The van der Waals surface area contributed by atoms with Crippen LogP contribution in [0.4, 0.5) is 36.4 Å². The van der Waals surface area contributed by atoms with Crippen molar-refractivity contribution in [3.8, 4) is 0 Å². The zero-order chi connectivity index (χ0) is 27.2. The van der Waals surface area contributed by atoms with Crippen LogP contribution in [0, 0.1) is 11.6 Å². The summed E-state index contributed by atoms with van der Waals surface area (Å²) in [5, 5.41) is 3.62. The predicted molar refractivity (Wildman–Crippen MR) is 132 cm³/mol. The number of benzene rings is 2. The number of rotatable bonds is 7. The first-order chi connectivity index (χ1) is 18.1. The molecule has 1 saturated heterocycles. The molecule has 0 bridgehead atoms. The quantitative estimate of drug-likeness (QED) is 0.352. The van der Waals surface area contributed by atoms with Gasteiger partial charge in [0.2, 0.25) is 0 Å². The van der Waals surface area contributed by atoms with Crippen LogP contribution in [0.25, 0.3) is 10.9 Å². The molecule has 206 valence electrons. The average Bonchev–Trinajstić information content (AvgIpc) is 3.38. The molecule has 1 aromatic heterocycles. The van der Waals surface area contributed by atoms with Gasteiger partial charge in [-0.1, -0.05) is 18.2 Å². The van der Waals surface area contributed by atoms with Crippen LogP contribution in [0.5, 0.6) is 0 Å². The predicted octanol–water partition coefficient (Wildman–Crippen LogP) is 6.14. The third-order valence-corrected chi connectivity index (χ3v) is 7.52. The van der Waals surface area contributed by atoms with E-state index in [1.807, 2.05) is 6.07 Å². The van der Waals surface area contributed by atoms with Gasteiger partial charge >= 0.3 is 6.18 Å². The molecule has 2 aliphatic rings. The maximum absolute atomic E-state index is 15.6. The van der Waals surface area contributed by atoms with E-state index in [2.05, 4.69) is 10.3 Å². The van der Waals surface area contributed by atoms with Gasteiger partial charge in [-0.2, -0.15) is 13.2 Å². The lowest BCUT2D eigenvalue weighted by Crippen LogP contribution is -2.47. The highest BCUT2D eigenvalue weighted by molar-refractivity contribution is 5.85. The van der Waals surface area contributed by atoms with Crippen LogP contribution in [0.1, 0.15) is 36.2 Å². The van der Waals surface area contributed by atoms with E-state index in [4.69, 9.17) is 0 Å². The molecule has 1 unspecified atom stereocenters. The zero-order valence-corrected chi connectivity index (χ0v) is 20.8. The minimum Gasteiger partial charge on any atom is -0.378 e. The number of anilines is 1. The first-order valence-electron chi connectivity index (χ1n) is 12.7. The summed E-state index contributed by atoms with van der Waals surface area (Å²) < 4.78 is 99.1. The van der Waals surface area contributed by atoms with Crippen molar-refractivity contribution in [1.82, 2.24) is 14.8 Å². The molecule has 11 heteroatoms. The molecule has 3 heterocycles. The molecule has 0 radical (unpaired) electrons. The normalized spacial score (nSPS) is 24.7. The number of hydrogen-bond donors (Lipinski definition) is 2. The highest BCUT2D eigenvalue weighted by atomic mass is 19.4. The summed E-state index contributed by atoms with van der Waals surface area (Å²) in [5.41, 5.74) is 1.24. The number of hydrogen-bond acceptors (Lipinski definition) is 3. The summed E-state index contributed by atoms with van der Waals surface area (Å²) in [6.45, 7) is 0.448. The molecule has 5 rings (SSSR count). The number of aromatic amines is 1. The van der Waals surface area contributed by atoms with Gasteiger partial charge < -0.3 is 10.3 Å². The van der Waals surface area contributed by atoms with Crippen molar-refractivity contribution in [3.05, 3.63) is 64.9 Å². The van der Waals surface area contributed by atoms with Crippen molar-refractivity contribution in [1.29, 1.82) is 0 Å². The molecule has 1 fully saturated rings. The number of para-hydroxylation sites is 1. The zero-order valence-electron chi connectivity index (χ0n) is 20.8. The fourth-order valence-corrected chi connectivity index (χ4v) is 5.86. The van der Waals surface area contributed by atoms with Gasteiger partial charge in [-0.15, -0.1) is 0 Å². The average molecular weight is 543 g/mol. The SMILES string of the molecule is C[C@@H]1Cc2c([nH]c3ccccc23)[C@@H](c2c(F)cc(NC3CN(CCCF)C[C@H]3F)cc2F)N1CC(F)(F)F. The molecular weight excluding hydrogens is 513 g/mol. The lowest BCUT2D eigenvalue weighted by Gasteiger charge is -2.41. The Hall–Kier alpha value is -2.79. The van der Waals surface area contributed by atoms with Crippen LogP contribution in [0.3, 0.4) is 0 Å². The van der Waals surface area contributed by atoms with Crippen LogP contribution < -0.4 is 5.32 Å². The van der Waals surface area contributed by atoms with Crippen molar-refractivity contribution < 1.29 is 30.7 Å². The molecule has 2 N–H and O–H groups in total. The number of fused-ring (bicyclic) bond motifs is 3. The van der Waals surface area contributed by atoms with E-state index in [-0.39, 0.29) is 31.6 Å². The fourth-order valence-electron chi connectivity index (χ4n) is 5.86. The molecule has 3 aromatic rings. The smallest absolute Gasteiger partial charge is 0.378 e. The summed E-state index contributed by atoms with van der Waals surface area (Å²) in [7, 11) is 0. The van der Waals surface area contributed by atoms with Gasteiger partial charge in [0.05, 0.1) is 25.3 Å². The molecule has 0 saturated carbocycles. The highest BCUT2D eigenvalue weighted by Gasteiger charge is 2.44. The molecule has 0 spiro atoms. The van der Waals surface area contributed by atoms with Gasteiger partial charge in [0, 0.05) is 53.5 Å². The molecule has 2 aliphatic heterocycles. The fraction of sp³-hybridized carbons (Fsp3) is 0.481. The summed E-state index contributed by atoms with van der Waals surface area (Å²) in [5.74, 6) is -2.04. The maximum atomic E-state index is 15.6. The first-order valence-corrected chi connectivity index (χ1v) is 12.7. The number of nitrogens with one attached hydrogen (secondary N) is 2. The van der Waals surface area contributed by atoms with Gasteiger partial charge in [-0.3, -0.25) is 14.2 Å². The minimum atomic E-state index is -4.59. The Balaban J connectivity index is 1.51. The van der Waals surface area contributed by atoms with E-state index < -0.39 is 60.9 Å². The van der Waals surface area contributed by atoms with Gasteiger partial charge in [0.1, 0.15) is 17.8 Å². The lowest BCUT2D eigenvalue weighted by atomic mass is 9.88. The Morgan fingerprint density at radius 2 is 1.79 bits per heavy atom. The van der Waals surface area contributed by atoms with Gasteiger partial charge in [0.15, 0.2) is 0 Å². The number of halogens is 7.